The van der Waals surface area contributed by atoms with Crippen LogP contribution in [0.1, 0.15) is 12.8 Å². The van der Waals surface area contributed by atoms with E-state index in [2.05, 4.69) is 15.2 Å². The van der Waals surface area contributed by atoms with Gasteiger partial charge in [0.1, 0.15) is 0 Å². The first-order valence-corrected chi connectivity index (χ1v) is 5.20. The number of rotatable bonds is 2. The molecule has 1 heterocycles. The Morgan fingerprint density at radius 1 is 1.64 bits per heavy atom. The predicted molar refractivity (Wildman–Crippen MR) is 58.6 cm³/mol. The third kappa shape index (κ3) is 2.87. The molecule has 0 aliphatic carbocycles. The number of piperidine rings is 1. The van der Waals surface area contributed by atoms with Crippen LogP contribution >= 0.6 is 0 Å². The Balaban J connectivity index is 2.46. The van der Waals surface area contributed by atoms with Gasteiger partial charge in [0.25, 0.3) is 0 Å². The summed E-state index contributed by atoms with van der Waals surface area (Å²) >= 11 is 0. The van der Waals surface area contributed by atoms with Gasteiger partial charge in [-0.15, -0.1) is 0 Å². The summed E-state index contributed by atoms with van der Waals surface area (Å²) in [7, 11) is 5.51. The van der Waals surface area contributed by atoms with Gasteiger partial charge >= 0.3 is 0 Å². The Kier molecular flexibility index (Phi) is 4.73. The first kappa shape index (κ1) is 11.3. The Labute approximate surface area is 86.3 Å². The maximum atomic E-state index is 5.19. The number of aliphatic imine (C=N–C) groups is 1. The number of nitrogens with one attached hydrogen (secondary N) is 1. The van der Waals surface area contributed by atoms with E-state index < -0.39 is 0 Å². The number of nitrogens with zero attached hydrogens (tertiary/aromatic N) is 2. The van der Waals surface area contributed by atoms with Gasteiger partial charge in [-0.3, -0.25) is 4.99 Å². The highest BCUT2D eigenvalue weighted by molar-refractivity contribution is 5.79. The normalized spacial score (nSPS) is 23.8. The molecule has 82 valence electrons. The second-order valence-corrected chi connectivity index (χ2v) is 3.71. The van der Waals surface area contributed by atoms with Crippen molar-refractivity contribution in [3.63, 3.8) is 0 Å². The maximum absolute atomic E-state index is 5.19. The summed E-state index contributed by atoms with van der Waals surface area (Å²) in [5, 5.41) is 3.12. The summed E-state index contributed by atoms with van der Waals surface area (Å²) in [4.78, 5) is 6.51. The molecule has 0 radical (unpaired) electrons. The molecule has 14 heavy (non-hydrogen) atoms. The largest absolute Gasteiger partial charge is 0.384 e. The second kappa shape index (κ2) is 5.86. The number of hydrogen-bond acceptors (Lipinski definition) is 2. The lowest BCUT2D eigenvalue weighted by Crippen LogP contribution is -2.46. The van der Waals surface area contributed by atoms with Gasteiger partial charge in [-0.1, -0.05) is 0 Å². The molecule has 0 spiro atoms. The lowest BCUT2D eigenvalue weighted by Gasteiger charge is -2.34. The van der Waals surface area contributed by atoms with Crippen molar-refractivity contribution in [1.82, 2.24) is 10.2 Å². The number of ether oxygens (including phenoxy) is 1. The average molecular weight is 199 g/mol. The van der Waals surface area contributed by atoms with Crippen LogP contribution in [0, 0.1) is 5.92 Å². The predicted octanol–water partition coefficient (Wildman–Crippen LogP) is 0.550. The third-order valence-corrected chi connectivity index (χ3v) is 2.66. The van der Waals surface area contributed by atoms with E-state index in [-0.39, 0.29) is 0 Å². The molecule has 0 bridgehead atoms. The molecule has 1 atom stereocenters. The smallest absolute Gasteiger partial charge is 0.193 e. The Hall–Kier alpha value is -0.770. The second-order valence-electron chi connectivity index (χ2n) is 3.71. The summed E-state index contributed by atoms with van der Waals surface area (Å²) < 4.78 is 5.19. The highest BCUT2D eigenvalue weighted by Crippen LogP contribution is 2.16. The van der Waals surface area contributed by atoms with Crippen molar-refractivity contribution in [1.29, 1.82) is 0 Å². The molecule has 1 N–H and O–H groups in total. The molecule has 1 unspecified atom stereocenters. The molecule has 0 aromatic carbocycles. The Morgan fingerprint density at radius 2 is 2.43 bits per heavy atom. The highest BCUT2D eigenvalue weighted by atomic mass is 16.5. The molecule has 1 saturated heterocycles. The SMILES string of the molecule is CN=C(NC)N1CCCC(COC)C1. The number of likely N-dealkylation sites (tertiary alicyclic amines) is 1. The quantitative estimate of drug-likeness (QED) is 0.521. The molecule has 4 heteroatoms. The monoisotopic (exact) mass is 199 g/mol. The van der Waals surface area contributed by atoms with E-state index in [1.54, 1.807) is 7.11 Å². The van der Waals surface area contributed by atoms with Gasteiger partial charge in [-0.2, -0.15) is 0 Å². The fourth-order valence-corrected chi connectivity index (χ4v) is 2.04. The molecular formula is C10H21N3O. The van der Waals surface area contributed by atoms with Crippen LogP contribution in [-0.4, -0.2) is 51.8 Å². The molecule has 0 amide bonds. The summed E-state index contributed by atoms with van der Waals surface area (Å²) in [6.07, 6.45) is 2.50. The summed E-state index contributed by atoms with van der Waals surface area (Å²) in [5.41, 5.74) is 0. The topological polar surface area (TPSA) is 36.9 Å². The molecule has 1 rings (SSSR count). The van der Waals surface area contributed by atoms with Crippen LogP contribution in [0.4, 0.5) is 0 Å². The number of guanidine groups is 1. The van der Waals surface area contributed by atoms with Gasteiger partial charge in [0.2, 0.25) is 0 Å². The minimum absolute atomic E-state index is 0.652. The molecular weight excluding hydrogens is 178 g/mol. The van der Waals surface area contributed by atoms with Gasteiger partial charge in [-0.05, 0) is 18.8 Å². The van der Waals surface area contributed by atoms with E-state index in [0.717, 1.165) is 25.7 Å². The number of methoxy groups -OCH3 is 1. The van der Waals surface area contributed by atoms with Gasteiger partial charge in [-0.25, -0.2) is 0 Å². The molecule has 0 aromatic rings. The van der Waals surface area contributed by atoms with Crippen molar-refractivity contribution in [3.05, 3.63) is 0 Å². The zero-order valence-electron chi connectivity index (χ0n) is 9.42. The van der Waals surface area contributed by atoms with Crippen LogP contribution in [0.15, 0.2) is 4.99 Å². The van der Waals surface area contributed by atoms with Gasteiger partial charge < -0.3 is 15.0 Å². The fourth-order valence-electron chi connectivity index (χ4n) is 2.04. The first-order chi connectivity index (χ1) is 6.81. The zero-order valence-corrected chi connectivity index (χ0v) is 9.42. The fraction of sp³-hybridized carbons (Fsp3) is 0.900. The van der Waals surface area contributed by atoms with Crippen molar-refractivity contribution >= 4 is 5.96 Å². The standard InChI is InChI=1S/C10H21N3O/c1-11-10(12-2)13-6-4-5-9(7-13)8-14-3/h9H,4-8H2,1-3H3,(H,11,12). The van der Waals surface area contributed by atoms with Crippen LogP contribution in [0.5, 0.6) is 0 Å². The van der Waals surface area contributed by atoms with Gasteiger partial charge in [0.15, 0.2) is 5.96 Å². The zero-order chi connectivity index (χ0) is 10.4. The highest BCUT2D eigenvalue weighted by Gasteiger charge is 2.21. The third-order valence-electron chi connectivity index (χ3n) is 2.66. The van der Waals surface area contributed by atoms with E-state index in [1.807, 2.05) is 14.1 Å². The van der Waals surface area contributed by atoms with E-state index >= 15 is 0 Å². The van der Waals surface area contributed by atoms with Crippen molar-refractivity contribution in [2.75, 3.05) is 40.9 Å². The average Bonchev–Trinajstić information content (AvgIpc) is 2.21. The first-order valence-electron chi connectivity index (χ1n) is 5.20. The van der Waals surface area contributed by atoms with Crippen LogP contribution in [0.2, 0.25) is 0 Å². The van der Waals surface area contributed by atoms with Crippen LogP contribution in [0.25, 0.3) is 0 Å². The molecule has 0 saturated carbocycles. The molecule has 1 aliphatic rings. The Morgan fingerprint density at radius 3 is 3.00 bits per heavy atom. The van der Waals surface area contributed by atoms with Crippen molar-refractivity contribution in [2.24, 2.45) is 10.9 Å². The van der Waals surface area contributed by atoms with Crippen molar-refractivity contribution in [3.8, 4) is 0 Å². The van der Waals surface area contributed by atoms with E-state index in [9.17, 15) is 0 Å². The Bertz CT molecular complexity index is 192. The van der Waals surface area contributed by atoms with Crippen molar-refractivity contribution < 1.29 is 4.74 Å². The van der Waals surface area contributed by atoms with Crippen LogP contribution in [-0.2, 0) is 4.74 Å². The molecule has 1 fully saturated rings. The van der Waals surface area contributed by atoms with Gasteiger partial charge in [0, 0.05) is 34.3 Å². The van der Waals surface area contributed by atoms with Crippen molar-refractivity contribution in [2.45, 2.75) is 12.8 Å². The summed E-state index contributed by atoms with van der Waals surface area (Å²) in [6.45, 7) is 3.02. The molecule has 1 aliphatic heterocycles. The number of hydrogen-bond donors (Lipinski definition) is 1. The lowest BCUT2D eigenvalue weighted by atomic mass is 9.99. The van der Waals surface area contributed by atoms with Crippen LogP contribution < -0.4 is 5.32 Å². The maximum Gasteiger partial charge on any atom is 0.193 e. The summed E-state index contributed by atoms with van der Waals surface area (Å²) in [6, 6.07) is 0. The van der Waals surface area contributed by atoms with E-state index in [4.69, 9.17) is 4.74 Å². The summed E-state index contributed by atoms with van der Waals surface area (Å²) in [5.74, 6) is 1.64. The minimum atomic E-state index is 0.652. The van der Waals surface area contributed by atoms with E-state index in [0.29, 0.717) is 5.92 Å². The molecule has 4 nitrogen and oxygen atoms in total. The van der Waals surface area contributed by atoms with E-state index in [1.165, 1.54) is 12.8 Å². The van der Waals surface area contributed by atoms with Crippen LogP contribution in [0.3, 0.4) is 0 Å². The van der Waals surface area contributed by atoms with Gasteiger partial charge in [0.05, 0.1) is 6.61 Å². The minimum Gasteiger partial charge on any atom is -0.384 e. The lowest BCUT2D eigenvalue weighted by molar-refractivity contribution is 0.114. The molecule has 0 aromatic heterocycles.